The lowest BCUT2D eigenvalue weighted by Gasteiger charge is -2.12. The average molecular weight is 279 g/mol. The third kappa shape index (κ3) is 7.51. The first kappa shape index (κ1) is 17.0. The quantitative estimate of drug-likeness (QED) is 0.663. The van der Waals surface area contributed by atoms with E-state index >= 15 is 0 Å². The molecule has 0 bridgehead atoms. The average Bonchev–Trinajstić information content (AvgIpc) is 2.44. The molecule has 0 spiro atoms. The van der Waals surface area contributed by atoms with Gasteiger partial charge in [0.05, 0.1) is 12.7 Å². The van der Waals surface area contributed by atoms with E-state index in [1.165, 1.54) is 5.56 Å². The highest BCUT2D eigenvalue weighted by Gasteiger charge is 1.99. The van der Waals surface area contributed by atoms with Crippen molar-refractivity contribution in [3.05, 3.63) is 29.8 Å². The van der Waals surface area contributed by atoms with Crippen molar-refractivity contribution in [1.29, 1.82) is 0 Å². The number of hydrogen-bond acceptors (Lipinski definition) is 3. The first-order valence-electron chi connectivity index (χ1n) is 7.65. The van der Waals surface area contributed by atoms with Gasteiger partial charge in [-0.25, -0.2) is 0 Å². The van der Waals surface area contributed by atoms with Crippen LogP contribution in [0.5, 0.6) is 5.75 Å². The number of rotatable bonds is 10. The first-order chi connectivity index (χ1) is 9.61. The van der Waals surface area contributed by atoms with Crippen molar-refractivity contribution >= 4 is 0 Å². The maximum atomic E-state index is 5.65. The fraction of sp³-hybridized carbons (Fsp3) is 0.647. The van der Waals surface area contributed by atoms with E-state index in [9.17, 15) is 0 Å². The minimum Gasteiger partial charge on any atom is -0.491 e. The monoisotopic (exact) mass is 279 g/mol. The van der Waals surface area contributed by atoms with Gasteiger partial charge in [-0.15, -0.1) is 0 Å². The van der Waals surface area contributed by atoms with Gasteiger partial charge in [0.2, 0.25) is 0 Å². The minimum atomic E-state index is 0.313. The molecule has 0 amide bonds. The topological polar surface area (TPSA) is 30.5 Å². The molecule has 1 unspecified atom stereocenters. The summed E-state index contributed by atoms with van der Waals surface area (Å²) in [6.07, 6.45) is 1.35. The molecular weight excluding hydrogens is 250 g/mol. The second kappa shape index (κ2) is 9.78. The molecule has 20 heavy (non-hydrogen) atoms. The van der Waals surface area contributed by atoms with Crippen molar-refractivity contribution in [3.8, 4) is 5.75 Å². The zero-order valence-corrected chi connectivity index (χ0v) is 13.3. The van der Waals surface area contributed by atoms with E-state index in [1.807, 2.05) is 12.1 Å². The molecule has 0 aliphatic heterocycles. The molecule has 1 aromatic rings. The van der Waals surface area contributed by atoms with E-state index in [4.69, 9.17) is 9.47 Å². The van der Waals surface area contributed by atoms with Gasteiger partial charge in [0, 0.05) is 6.54 Å². The predicted molar refractivity (Wildman–Crippen MR) is 84.2 cm³/mol. The van der Waals surface area contributed by atoms with Crippen LogP contribution in [0.25, 0.3) is 0 Å². The highest BCUT2D eigenvalue weighted by Crippen LogP contribution is 2.12. The van der Waals surface area contributed by atoms with E-state index < -0.39 is 0 Å². The number of nitrogens with one attached hydrogen (secondary N) is 1. The number of ether oxygens (including phenoxy) is 2. The maximum Gasteiger partial charge on any atom is 0.119 e. The zero-order chi connectivity index (χ0) is 14.8. The van der Waals surface area contributed by atoms with Crippen LogP contribution >= 0.6 is 0 Å². The molecule has 0 heterocycles. The molecule has 114 valence electrons. The SMILES string of the molecule is CCC(C)OCCOc1ccc(CNCC(C)C)cc1. The molecular formula is C17H29NO2. The summed E-state index contributed by atoms with van der Waals surface area (Å²) in [5.74, 6) is 1.59. The summed E-state index contributed by atoms with van der Waals surface area (Å²) < 4.78 is 11.2. The second-order valence-electron chi connectivity index (χ2n) is 5.61. The number of hydrogen-bond donors (Lipinski definition) is 1. The lowest BCUT2D eigenvalue weighted by Crippen LogP contribution is -2.18. The highest BCUT2D eigenvalue weighted by molar-refractivity contribution is 5.27. The van der Waals surface area contributed by atoms with Crippen molar-refractivity contribution in [1.82, 2.24) is 5.32 Å². The van der Waals surface area contributed by atoms with Crippen LogP contribution < -0.4 is 10.1 Å². The van der Waals surface area contributed by atoms with Crippen molar-refractivity contribution in [3.63, 3.8) is 0 Å². The van der Waals surface area contributed by atoms with Crippen molar-refractivity contribution in [2.24, 2.45) is 5.92 Å². The van der Waals surface area contributed by atoms with Crippen LogP contribution in [0.3, 0.4) is 0 Å². The van der Waals surface area contributed by atoms with Gasteiger partial charge in [-0.05, 0) is 43.5 Å². The normalized spacial score (nSPS) is 12.7. The molecule has 1 aromatic carbocycles. The largest absolute Gasteiger partial charge is 0.491 e. The number of benzene rings is 1. The summed E-state index contributed by atoms with van der Waals surface area (Å²) >= 11 is 0. The standard InChI is InChI=1S/C17H29NO2/c1-5-15(4)19-10-11-20-17-8-6-16(7-9-17)13-18-12-14(2)3/h6-9,14-15,18H,5,10-13H2,1-4H3. The van der Waals surface area contributed by atoms with Gasteiger partial charge in [-0.2, -0.15) is 0 Å². The molecule has 3 nitrogen and oxygen atoms in total. The molecule has 0 saturated carbocycles. The lowest BCUT2D eigenvalue weighted by atomic mass is 10.2. The molecule has 0 aliphatic carbocycles. The Hall–Kier alpha value is -1.06. The highest BCUT2D eigenvalue weighted by atomic mass is 16.5. The summed E-state index contributed by atoms with van der Waals surface area (Å²) in [7, 11) is 0. The Bertz CT molecular complexity index is 349. The van der Waals surface area contributed by atoms with Crippen molar-refractivity contribution in [2.45, 2.75) is 46.8 Å². The summed E-state index contributed by atoms with van der Waals surface area (Å²) in [5.41, 5.74) is 1.29. The molecule has 0 radical (unpaired) electrons. The molecule has 0 saturated heterocycles. The van der Waals surface area contributed by atoms with Gasteiger partial charge in [0.1, 0.15) is 12.4 Å². The summed E-state index contributed by atoms with van der Waals surface area (Å²) in [5, 5.41) is 3.43. The fourth-order valence-corrected chi connectivity index (χ4v) is 1.74. The van der Waals surface area contributed by atoms with Crippen LogP contribution in [0.2, 0.25) is 0 Å². The van der Waals surface area contributed by atoms with Gasteiger partial charge in [-0.3, -0.25) is 0 Å². The van der Waals surface area contributed by atoms with E-state index in [2.05, 4.69) is 45.1 Å². The Balaban J connectivity index is 2.21. The third-order valence-electron chi connectivity index (χ3n) is 3.13. The van der Waals surface area contributed by atoms with Crippen LogP contribution in [0.1, 0.15) is 39.7 Å². The van der Waals surface area contributed by atoms with Gasteiger partial charge in [-0.1, -0.05) is 32.9 Å². The van der Waals surface area contributed by atoms with E-state index in [1.54, 1.807) is 0 Å². The van der Waals surface area contributed by atoms with Crippen LogP contribution in [0, 0.1) is 5.92 Å². The van der Waals surface area contributed by atoms with Gasteiger partial charge < -0.3 is 14.8 Å². The Kier molecular flexibility index (Phi) is 8.31. The van der Waals surface area contributed by atoms with Crippen molar-refractivity contribution in [2.75, 3.05) is 19.8 Å². The summed E-state index contributed by atoms with van der Waals surface area (Å²) in [6, 6.07) is 8.27. The zero-order valence-electron chi connectivity index (χ0n) is 13.3. The molecule has 1 atom stereocenters. The predicted octanol–water partition coefficient (Wildman–Crippen LogP) is 3.63. The van der Waals surface area contributed by atoms with Crippen LogP contribution in [0.15, 0.2) is 24.3 Å². The lowest BCUT2D eigenvalue weighted by molar-refractivity contribution is 0.0427. The van der Waals surface area contributed by atoms with E-state index in [0.717, 1.165) is 25.3 Å². The Morgan fingerprint density at radius 3 is 2.35 bits per heavy atom. The minimum absolute atomic E-state index is 0.313. The maximum absolute atomic E-state index is 5.65. The Morgan fingerprint density at radius 2 is 1.75 bits per heavy atom. The smallest absolute Gasteiger partial charge is 0.119 e. The molecule has 1 N–H and O–H groups in total. The van der Waals surface area contributed by atoms with Crippen LogP contribution in [-0.2, 0) is 11.3 Å². The van der Waals surface area contributed by atoms with Crippen molar-refractivity contribution < 1.29 is 9.47 Å². The molecule has 3 heteroatoms. The van der Waals surface area contributed by atoms with Crippen LogP contribution in [-0.4, -0.2) is 25.9 Å². The van der Waals surface area contributed by atoms with E-state index in [0.29, 0.717) is 25.2 Å². The Morgan fingerprint density at radius 1 is 1.05 bits per heavy atom. The van der Waals surface area contributed by atoms with Gasteiger partial charge >= 0.3 is 0 Å². The van der Waals surface area contributed by atoms with Gasteiger partial charge in [0.25, 0.3) is 0 Å². The summed E-state index contributed by atoms with van der Waals surface area (Å²) in [4.78, 5) is 0. The second-order valence-corrected chi connectivity index (χ2v) is 5.61. The Labute approximate surface area is 123 Å². The third-order valence-corrected chi connectivity index (χ3v) is 3.13. The summed E-state index contributed by atoms with van der Waals surface area (Å²) in [6.45, 7) is 11.8. The molecule has 0 fully saturated rings. The van der Waals surface area contributed by atoms with Crippen LogP contribution in [0.4, 0.5) is 0 Å². The first-order valence-corrected chi connectivity index (χ1v) is 7.65. The molecule has 0 aliphatic rings. The molecule has 0 aromatic heterocycles. The fourth-order valence-electron chi connectivity index (χ4n) is 1.74. The van der Waals surface area contributed by atoms with E-state index in [-0.39, 0.29) is 0 Å². The molecule has 1 rings (SSSR count). The van der Waals surface area contributed by atoms with Gasteiger partial charge in [0.15, 0.2) is 0 Å².